The fraction of sp³-hybridized carbons (Fsp3) is 0.412. The summed E-state index contributed by atoms with van der Waals surface area (Å²) in [6, 6.07) is 5.43. The van der Waals surface area contributed by atoms with Gasteiger partial charge in [0.1, 0.15) is 5.75 Å². The number of para-hydroxylation sites is 1. The quantitative estimate of drug-likeness (QED) is 0.635. The average Bonchev–Trinajstić information content (AvgIpc) is 2.51. The summed E-state index contributed by atoms with van der Waals surface area (Å²) in [5.41, 5.74) is 4.80. The van der Waals surface area contributed by atoms with E-state index < -0.39 is 42.1 Å². The van der Waals surface area contributed by atoms with E-state index in [9.17, 15) is 19.2 Å². The highest BCUT2D eigenvalue weighted by atomic mass is 16.6. The summed E-state index contributed by atoms with van der Waals surface area (Å²) in [5, 5.41) is 4.61. The van der Waals surface area contributed by atoms with Crippen molar-refractivity contribution in [1.82, 2.24) is 10.6 Å². The van der Waals surface area contributed by atoms with Crippen molar-refractivity contribution in [2.45, 2.75) is 39.3 Å². The first kappa shape index (κ1) is 20.9. The Morgan fingerprint density at radius 3 is 2.35 bits per heavy atom. The first-order valence-electron chi connectivity index (χ1n) is 7.83. The van der Waals surface area contributed by atoms with Gasteiger partial charge in [0.15, 0.2) is 12.7 Å². The number of nitrogens with one attached hydrogen (secondary N) is 2. The number of carbonyl (C=O) groups is 4. The number of hydrogen-bond acceptors (Lipinski definition) is 6. The molecule has 0 aliphatic carbocycles. The Morgan fingerprint density at radius 1 is 1.15 bits per heavy atom. The Labute approximate surface area is 151 Å². The lowest BCUT2D eigenvalue weighted by molar-refractivity contribution is -0.156. The number of carbonyl (C=O) groups excluding carboxylic acids is 4. The summed E-state index contributed by atoms with van der Waals surface area (Å²) in [6.45, 7) is 6.04. The molecule has 0 fully saturated rings. The van der Waals surface area contributed by atoms with Gasteiger partial charge in [-0.2, -0.15) is 0 Å². The van der Waals surface area contributed by atoms with Crippen LogP contribution in [0.1, 0.15) is 38.1 Å². The summed E-state index contributed by atoms with van der Waals surface area (Å²) in [5.74, 6) is -2.20. The molecule has 0 saturated heterocycles. The molecule has 0 aliphatic heterocycles. The molecule has 9 nitrogen and oxygen atoms in total. The maximum absolute atomic E-state index is 11.8. The standard InChI is InChI=1S/C17H23N3O6/c1-10(15(23)19-16(24)20-17(2,3)4)26-13(21)9-25-12-8-6-5-7-11(12)14(18)22/h5-8,10H,9H2,1-4H3,(H2,18,22)(H2,19,20,23,24)/t10-/m0/s1. The second kappa shape index (κ2) is 8.84. The molecule has 1 aromatic carbocycles. The molecule has 142 valence electrons. The molecule has 0 bridgehead atoms. The molecule has 9 heteroatoms. The van der Waals surface area contributed by atoms with Gasteiger partial charge in [0, 0.05) is 5.54 Å². The third kappa shape index (κ3) is 7.20. The summed E-state index contributed by atoms with van der Waals surface area (Å²) in [7, 11) is 0. The number of ether oxygens (including phenoxy) is 2. The van der Waals surface area contributed by atoms with Crippen LogP contribution in [0.3, 0.4) is 0 Å². The molecule has 1 rings (SSSR count). The van der Waals surface area contributed by atoms with Gasteiger partial charge in [0.2, 0.25) is 0 Å². The fourth-order valence-corrected chi connectivity index (χ4v) is 1.80. The Hall–Kier alpha value is -3.10. The lowest BCUT2D eigenvalue weighted by Gasteiger charge is -2.21. The van der Waals surface area contributed by atoms with Crippen LogP contribution < -0.4 is 21.1 Å². The normalized spacial score (nSPS) is 11.8. The molecule has 0 radical (unpaired) electrons. The van der Waals surface area contributed by atoms with E-state index in [0.29, 0.717) is 0 Å². The Bertz CT molecular complexity index is 696. The van der Waals surface area contributed by atoms with Crippen molar-refractivity contribution in [1.29, 1.82) is 0 Å². The summed E-state index contributed by atoms with van der Waals surface area (Å²) >= 11 is 0. The average molecular weight is 365 g/mol. The molecule has 4 N–H and O–H groups in total. The van der Waals surface area contributed by atoms with Gasteiger partial charge < -0.3 is 20.5 Å². The highest BCUT2D eigenvalue weighted by Crippen LogP contribution is 2.17. The number of primary amides is 1. The number of esters is 1. The van der Waals surface area contributed by atoms with E-state index in [-0.39, 0.29) is 11.3 Å². The number of hydrogen-bond donors (Lipinski definition) is 3. The summed E-state index contributed by atoms with van der Waals surface area (Å²) in [6.07, 6.45) is -1.21. The predicted molar refractivity (Wildman–Crippen MR) is 92.4 cm³/mol. The van der Waals surface area contributed by atoms with Gasteiger partial charge in [-0.1, -0.05) is 12.1 Å². The van der Waals surface area contributed by atoms with Gasteiger partial charge in [-0.15, -0.1) is 0 Å². The maximum atomic E-state index is 11.8. The van der Waals surface area contributed by atoms with Crippen LogP contribution in [0.4, 0.5) is 4.79 Å². The van der Waals surface area contributed by atoms with Crippen LogP contribution in [0.2, 0.25) is 0 Å². The van der Waals surface area contributed by atoms with E-state index >= 15 is 0 Å². The number of urea groups is 1. The van der Waals surface area contributed by atoms with E-state index in [2.05, 4.69) is 10.6 Å². The number of nitrogens with two attached hydrogens (primary N) is 1. The van der Waals surface area contributed by atoms with Crippen molar-refractivity contribution in [3.8, 4) is 5.75 Å². The molecule has 1 atom stereocenters. The first-order valence-corrected chi connectivity index (χ1v) is 7.83. The largest absolute Gasteiger partial charge is 0.481 e. The molecule has 0 spiro atoms. The molecule has 1 aromatic rings. The van der Waals surface area contributed by atoms with E-state index in [0.717, 1.165) is 0 Å². The van der Waals surface area contributed by atoms with Crippen LogP contribution >= 0.6 is 0 Å². The predicted octanol–water partition coefficient (Wildman–Crippen LogP) is 0.720. The van der Waals surface area contributed by atoms with Crippen LogP contribution in [0.5, 0.6) is 5.75 Å². The van der Waals surface area contributed by atoms with Gasteiger partial charge in [0.25, 0.3) is 11.8 Å². The maximum Gasteiger partial charge on any atom is 0.344 e. The molecular formula is C17H23N3O6. The summed E-state index contributed by atoms with van der Waals surface area (Å²) < 4.78 is 10.1. The zero-order chi connectivity index (χ0) is 19.9. The van der Waals surface area contributed by atoms with Crippen LogP contribution in [0, 0.1) is 0 Å². The minimum absolute atomic E-state index is 0.116. The topological polar surface area (TPSA) is 137 Å². The monoisotopic (exact) mass is 365 g/mol. The van der Waals surface area contributed by atoms with Crippen LogP contribution in [0.15, 0.2) is 24.3 Å². The van der Waals surface area contributed by atoms with Gasteiger partial charge in [0.05, 0.1) is 5.56 Å². The molecule has 0 saturated carbocycles. The lowest BCUT2D eigenvalue weighted by atomic mass is 10.1. The number of benzene rings is 1. The molecule has 0 heterocycles. The van der Waals surface area contributed by atoms with Gasteiger partial charge in [-0.25, -0.2) is 9.59 Å². The Kier molecular flexibility index (Phi) is 7.12. The third-order valence-electron chi connectivity index (χ3n) is 2.90. The van der Waals surface area contributed by atoms with Crippen LogP contribution in [-0.2, 0) is 14.3 Å². The van der Waals surface area contributed by atoms with E-state index in [1.54, 1.807) is 32.9 Å². The second-order valence-electron chi connectivity index (χ2n) is 6.47. The van der Waals surface area contributed by atoms with Gasteiger partial charge >= 0.3 is 12.0 Å². The minimum atomic E-state index is -1.21. The molecule has 26 heavy (non-hydrogen) atoms. The van der Waals surface area contributed by atoms with Crippen LogP contribution in [-0.4, -0.2) is 42.1 Å². The molecule has 0 aliphatic rings. The van der Waals surface area contributed by atoms with Crippen molar-refractivity contribution >= 4 is 23.8 Å². The Balaban J connectivity index is 2.51. The number of rotatable bonds is 6. The highest BCUT2D eigenvalue weighted by Gasteiger charge is 2.22. The molecular weight excluding hydrogens is 342 g/mol. The first-order chi connectivity index (χ1) is 12.0. The number of amides is 4. The SMILES string of the molecule is C[C@H](OC(=O)COc1ccccc1C(N)=O)C(=O)NC(=O)NC(C)(C)C. The summed E-state index contributed by atoms with van der Waals surface area (Å²) in [4.78, 5) is 46.5. The van der Waals surface area contributed by atoms with Gasteiger partial charge in [-0.05, 0) is 39.8 Å². The van der Waals surface area contributed by atoms with E-state index in [1.165, 1.54) is 19.1 Å². The lowest BCUT2D eigenvalue weighted by Crippen LogP contribution is -2.50. The third-order valence-corrected chi connectivity index (χ3v) is 2.90. The van der Waals surface area contributed by atoms with Gasteiger partial charge in [-0.3, -0.25) is 14.9 Å². The fourth-order valence-electron chi connectivity index (χ4n) is 1.80. The van der Waals surface area contributed by atoms with Crippen molar-refractivity contribution < 1.29 is 28.7 Å². The molecule has 0 aromatic heterocycles. The molecule has 4 amide bonds. The zero-order valence-corrected chi connectivity index (χ0v) is 15.1. The van der Waals surface area contributed by atoms with E-state index in [4.69, 9.17) is 15.2 Å². The van der Waals surface area contributed by atoms with Crippen molar-refractivity contribution in [3.05, 3.63) is 29.8 Å². The molecule has 0 unspecified atom stereocenters. The van der Waals surface area contributed by atoms with Crippen molar-refractivity contribution in [3.63, 3.8) is 0 Å². The number of imide groups is 1. The second-order valence-corrected chi connectivity index (χ2v) is 6.47. The highest BCUT2D eigenvalue weighted by molar-refractivity contribution is 5.97. The minimum Gasteiger partial charge on any atom is -0.481 e. The van der Waals surface area contributed by atoms with E-state index in [1.807, 2.05) is 0 Å². The smallest absolute Gasteiger partial charge is 0.344 e. The Morgan fingerprint density at radius 2 is 1.77 bits per heavy atom. The van der Waals surface area contributed by atoms with Crippen molar-refractivity contribution in [2.24, 2.45) is 5.73 Å². The van der Waals surface area contributed by atoms with Crippen molar-refractivity contribution in [2.75, 3.05) is 6.61 Å². The van der Waals surface area contributed by atoms with Crippen LogP contribution in [0.25, 0.3) is 0 Å². The zero-order valence-electron chi connectivity index (χ0n) is 15.1.